The Balaban J connectivity index is 2.50. The SMILES string of the molecule is COC(=O)[C@@H]1C[C@@H](OC(C)=O)CN1CCNC(=O)OC(C)(C)C. The van der Waals surface area contributed by atoms with Gasteiger partial charge in [-0.05, 0) is 20.8 Å². The molecule has 1 fully saturated rings. The number of hydrogen-bond acceptors (Lipinski definition) is 7. The van der Waals surface area contributed by atoms with Crippen LogP contribution in [0.3, 0.4) is 0 Å². The van der Waals surface area contributed by atoms with Crippen molar-refractivity contribution < 1.29 is 28.6 Å². The van der Waals surface area contributed by atoms with Crippen LogP contribution < -0.4 is 5.32 Å². The highest BCUT2D eigenvalue weighted by molar-refractivity contribution is 5.76. The maximum atomic E-state index is 11.8. The first-order chi connectivity index (χ1) is 10.6. The van der Waals surface area contributed by atoms with Gasteiger partial charge in [0.05, 0.1) is 7.11 Å². The van der Waals surface area contributed by atoms with E-state index in [1.165, 1.54) is 14.0 Å². The smallest absolute Gasteiger partial charge is 0.407 e. The minimum Gasteiger partial charge on any atom is -0.468 e. The number of carbonyl (C=O) groups is 3. The number of nitrogens with zero attached hydrogens (tertiary/aromatic N) is 1. The Hall–Kier alpha value is -1.83. The van der Waals surface area contributed by atoms with Crippen molar-refractivity contribution in [2.45, 2.75) is 51.9 Å². The van der Waals surface area contributed by atoms with Crippen LogP contribution in [0, 0.1) is 0 Å². The van der Waals surface area contributed by atoms with Crippen molar-refractivity contribution in [1.29, 1.82) is 0 Å². The fraction of sp³-hybridized carbons (Fsp3) is 0.800. The van der Waals surface area contributed by atoms with Crippen LogP contribution in [-0.2, 0) is 23.8 Å². The summed E-state index contributed by atoms with van der Waals surface area (Å²) in [6, 6.07) is -0.482. The van der Waals surface area contributed by atoms with E-state index in [-0.39, 0.29) is 18.0 Å². The summed E-state index contributed by atoms with van der Waals surface area (Å²) in [5.74, 6) is -0.760. The Kier molecular flexibility index (Phi) is 6.80. The Morgan fingerprint density at radius 3 is 2.43 bits per heavy atom. The Morgan fingerprint density at radius 2 is 1.91 bits per heavy atom. The molecule has 0 unspecified atom stereocenters. The van der Waals surface area contributed by atoms with Gasteiger partial charge in [-0.25, -0.2) is 4.79 Å². The third-order valence-electron chi connectivity index (χ3n) is 3.24. The van der Waals surface area contributed by atoms with E-state index in [2.05, 4.69) is 5.32 Å². The van der Waals surface area contributed by atoms with Gasteiger partial charge in [0.25, 0.3) is 0 Å². The summed E-state index contributed by atoms with van der Waals surface area (Å²) >= 11 is 0. The Morgan fingerprint density at radius 1 is 1.26 bits per heavy atom. The molecule has 8 nitrogen and oxygen atoms in total. The third kappa shape index (κ3) is 6.85. The second kappa shape index (κ2) is 8.14. The van der Waals surface area contributed by atoms with Crippen molar-refractivity contribution in [3.05, 3.63) is 0 Å². The number of amides is 1. The summed E-state index contributed by atoms with van der Waals surface area (Å²) < 4.78 is 15.1. The minimum absolute atomic E-state index is 0.315. The van der Waals surface area contributed by atoms with Gasteiger partial charge in [0.2, 0.25) is 0 Å². The number of likely N-dealkylation sites (tertiary alicyclic amines) is 1. The van der Waals surface area contributed by atoms with Gasteiger partial charge in [-0.1, -0.05) is 0 Å². The van der Waals surface area contributed by atoms with Gasteiger partial charge < -0.3 is 19.5 Å². The zero-order chi connectivity index (χ0) is 17.6. The fourth-order valence-corrected chi connectivity index (χ4v) is 2.43. The van der Waals surface area contributed by atoms with Crippen molar-refractivity contribution in [2.75, 3.05) is 26.7 Å². The van der Waals surface area contributed by atoms with Gasteiger partial charge in [-0.2, -0.15) is 0 Å². The number of methoxy groups -OCH3 is 1. The van der Waals surface area contributed by atoms with E-state index < -0.39 is 17.7 Å². The van der Waals surface area contributed by atoms with Crippen LogP contribution in [0.25, 0.3) is 0 Å². The van der Waals surface area contributed by atoms with Crippen LogP contribution in [0.15, 0.2) is 0 Å². The monoisotopic (exact) mass is 330 g/mol. The lowest BCUT2D eigenvalue weighted by molar-refractivity contribution is -0.148. The summed E-state index contributed by atoms with van der Waals surface area (Å²) in [4.78, 5) is 36.3. The fourth-order valence-electron chi connectivity index (χ4n) is 2.43. The summed E-state index contributed by atoms with van der Waals surface area (Å²) in [5.41, 5.74) is -0.563. The number of carbonyl (C=O) groups excluding carboxylic acids is 3. The lowest BCUT2D eigenvalue weighted by atomic mass is 10.2. The first kappa shape index (κ1) is 19.2. The summed E-state index contributed by atoms with van der Waals surface area (Å²) in [7, 11) is 1.32. The maximum Gasteiger partial charge on any atom is 0.407 e. The predicted molar refractivity (Wildman–Crippen MR) is 81.8 cm³/mol. The quantitative estimate of drug-likeness (QED) is 0.585. The van der Waals surface area contributed by atoms with Gasteiger partial charge in [-0.15, -0.1) is 0 Å². The Bertz CT molecular complexity index is 446. The van der Waals surface area contributed by atoms with Gasteiger partial charge in [-0.3, -0.25) is 14.5 Å². The molecular formula is C15H26N2O6. The summed E-state index contributed by atoms with van der Waals surface area (Å²) in [5, 5.41) is 2.64. The van der Waals surface area contributed by atoms with E-state index >= 15 is 0 Å². The lowest BCUT2D eigenvalue weighted by Crippen LogP contribution is -2.42. The van der Waals surface area contributed by atoms with E-state index in [9.17, 15) is 14.4 Å². The van der Waals surface area contributed by atoms with Crippen molar-refractivity contribution in [2.24, 2.45) is 0 Å². The van der Waals surface area contributed by atoms with Gasteiger partial charge >= 0.3 is 18.0 Å². The van der Waals surface area contributed by atoms with E-state index in [1.54, 1.807) is 20.8 Å². The summed E-state index contributed by atoms with van der Waals surface area (Å²) in [6.45, 7) is 7.85. The molecule has 1 aliphatic rings. The molecule has 0 bridgehead atoms. The number of rotatable bonds is 5. The normalized spacial score (nSPS) is 21.6. The predicted octanol–water partition coefficient (Wildman–Crippen LogP) is 0.690. The van der Waals surface area contributed by atoms with Crippen molar-refractivity contribution >= 4 is 18.0 Å². The molecule has 0 spiro atoms. The largest absolute Gasteiger partial charge is 0.468 e. The Labute approximate surface area is 136 Å². The molecule has 23 heavy (non-hydrogen) atoms. The van der Waals surface area contributed by atoms with Crippen molar-refractivity contribution in [3.63, 3.8) is 0 Å². The van der Waals surface area contributed by atoms with Crippen LogP contribution in [0.4, 0.5) is 4.79 Å². The maximum absolute atomic E-state index is 11.8. The number of nitrogens with one attached hydrogen (secondary N) is 1. The van der Waals surface area contributed by atoms with E-state index in [4.69, 9.17) is 14.2 Å². The van der Waals surface area contributed by atoms with Crippen molar-refractivity contribution in [3.8, 4) is 0 Å². The van der Waals surface area contributed by atoms with Crippen LogP contribution in [-0.4, -0.2) is 67.4 Å². The molecule has 0 aromatic rings. The van der Waals surface area contributed by atoms with Crippen molar-refractivity contribution in [1.82, 2.24) is 10.2 Å². The van der Waals surface area contributed by atoms with E-state index in [0.717, 1.165) is 0 Å². The number of alkyl carbamates (subject to hydrolysis) is 1. The molecule has 1 amide bonds. The van der Waals surface area contributed by atoms with Gasteiger partial charge in [0.15, 0.2) is 0 Å². The zero-order valence-corrected chi connectivity index (χ0v) is 14.4. The zero-order valence-electron chi connectivity index (χ0n) is 14.4. The lowest BCUT2D eigenvalue weighted by Gasteiger charge is -2.23. The highest BCUT2D eigenvalue weighted by Gasteiger charge is 2.38. The molecule has 1 N–H and O–H groups in total. The average molecular weight is 330 g/mol. The first-order valence-electron chi connectivity index (χ1n) is 7.58. The highest BCUT2D eigenvalue weighted by Crippen LogP contribution is 2.21. The molecule has 132 valence electrons. The summed E-state index contributed by atoms with van der Waals surface area (Å²) in [6.07, 6.45) is -0.473. The molecule has 0 aromatic heterocycles. The molecule has 1 rings (SSSR count). The van der Waals surface area contributed by atoms with Crippen LogP contribution in [0.2, 0.25) is 0 Å². The molecule has 0 aliphatic carbocycles. The molecule has 1 saturated heterocycles. The first-order valence-corrected chi connectivity index (χ1v) is 7.58. The number of ether oxygens (including phenoxy) is 3. The van der Waals surface area contributed by atoms with Gasteiger partial charge in [0, 0.05) is 33.0 Å². The second-order valence-electron chi connectivity index (χ2n) is 6.43. The van der Waals surface area contributed by atoms with Crippen LogP contribution in [0.1, 0.15) is 34.1 Å². The molecule has 0 saturated carbocycles. The number of esters is 2. The molecule has 1 heterocycles. The standard InChI is InChI=1S/C15H26N2O6/c1-10(18)22-11-8-12(13(19)21-5)17(9-11)7-6-16-14(20)23-15(2,3)4/h11-12H,6-9H2,1-5H3,(H,16,20)/t11-,12+/m1/s1. The third-order valence-corrected chi connectivity index (χ3v) is 3.24. The molecule has 8 heteroatoms. The molecule has 1 aliphatic heterocycles. The minimum atomic E-state index is -0.563. The van der Waals surface area contributed by atoms with Crippen LogP contribution in [0.5, 0.6) is 0 Å². The highest BCUT2D eigenvalue weighted by atomic mass is 16.6. The average Bonchev–Trinajstić information content (AvgIpc) is 2.77. The second-order valence-corrected chi connectivity index (χ2v) is 6.43. The molecule has 0 aromatic carbocycles. The molecule has 2 atom stereocenters. The van der Waals surface area contributed by atoms with E-state index in [0.29, 0.717) is 26.1 Å². The number of hydrogen-bond donors (Lipinski definition) is 1. The molecule has 0 radical (unpaired) electrons. The topological polar surface area (TPSA) is 94.2 Å². The van der Waals surface area contributed by atoms with Gasteiger partial charge in [0.1, 0.15) is 17.7 Å². The van der Waals surface area contributed by atoms with Crippen LogP contribution >= 0.6 is 0 Å². The molecular weight excluding hydrogens is 304 g/mol. The van der Waals surface area contributed by atoms with E-state index in [1.807, 2.05) is 4.90 Å².